The van der Waals surface area contributed by atoms with Gasteiger partial charge in [0, 0.05) is 40.8 Å². The van der Waals surface area contributed by atoms with Gasteiger partial charge in [-0.3, -0.25) is 9.89 Å². The predicted molar refractivity (Wildman–Crippen MR) is 109 cm³/mol. The van der Waals surface area contributed by atoms with Crippen LogP contribution in [0.5, 0.6) is 0 Å². The van der Waals surface area contributed by atoms with E-state index < -0.39 is 5.60 Å². The maximum absolute atomic E-state index is 12.4. The number of fused-ring (bicyclic) bond motifs is 2. The van der Waals surface area contributed by atoms with Crippen molar-refractivity contribution in [2.75, 3.05) is 11.4 Å². The molecule has 1 aromatic carbocycles. The molecule has 1 fully saturated rings. The summed E-state index contributed by atoms with van der Waals surface area (Å²) in [6.45, 7) is 6.73. The monoisotopic (exact) mass is 378 g/mol. The second kappa shape index (κ2) is 5.70. The van der Waals surface area contributed by atoms with Crippen molar-refractivity contribution >= 4 is 22.5 Å². The summed E-state index contributed by atoms with van der Waals surface area (Å²) in [5.41, 5.74) is 5.40. The molecule has 1 aliphatic carbocycles. The molecule has 2 aromatic heterocycles. The fraction of sp³-hybridized carbons (Fsp3) is 0.455. The van der Waals surface area contributed by atoms with E-state index in [1.807, 2.05) is 18.2 Å². The van der Waals surface area contributed by atoms with Crippen molar-refractivity contribution in [1.82, 2.24) is 15.2 Å². The summed E-state index contributed by atoms with van der Waals surface area (Å²) in [5, 5.41) is 19.1. The fourth-order valence-corrected chi connectivity index (χ4v) is 4.56. The third kappa shape index (κ3) is 2.66. The van der Waals surface area contributed by atoms with Crippen LogP contribution in [-0.4, -0.2) is 38.3 Å². The SMILES string of the molecule is CC1(C)CCc2c(-c3cc4ccc(N5CCC(C)(O)C5=O)cc4[nH]3)n[nH]c2C1. The van der Waals surface area contributed by atoms with Gasteiger partial charge in [-0.1, -0.05) is 19.9 Å². The quantitative estimate of drug-likeness (QED) is 0.637. The highest BCUT2D eigenvalue weighted by atomic mass is 16.3. The minimum Gasteiger partial charge on any atom is -0.380 e. The van der Waals surface area contributed by atoms with Crippen molar-refractivity contribution in [2.45, 2.75) is 52.1 Å². The van der Waals surface area contributed by atoms with Gasteiger partial charge in [0.05, 0.1) is 5.69 Å². The Kier molecular flexibility index (Phi) is 3.56. The molecule has 6 heteroatoms. The van der Waals surface area contributed by atoms with E-state index in [4.69, 9.17) is 0 Å². The highest BCUT2D eigenvalue weighted by Crippen LogP contribution is 2.38. The molecule has 146 valence electrons. The molecule has 1 aliphatic heterocycles. The summed E-state index contributed by atoms with van der Waals surface area (Å²) < 4.78 is 0. The van der Waals surface area contributed by atoms with Crippen LogP contribution in [-0.2, 0) is 17.6 Å². The average molecular weight is 378 g/mol. The minimum absolute atomic E-state index is 0.234. The molecule has 3 heterocycles. The Morgan fingerprint density at radius 2 is 2.00 bits per heavy atom. The van der Waals surface area contributed by atoms with E-state index in [0.717, 1.165) is 47.2 Å². The summed E-state index contributed by atoms with van der Waals surface area (Å²) in [5.74, 6) is -0.234. The number of carbonyl (C=O) groups is 1. The summed E-state index contributed by atoms with van der Waals surface area (Å²) in [6, 6.07) is 8.08. The number of carbonyl (C=O) groups excluding carboxylic acids is 1. The zero-order valence-corrected chi connectivity index (χ0v) is 16.6. The molecule has 0 spiro atoms. The van der Waals surface area contributed by atoms with Gasteiger partial charge in [0.25, 0.3) is 5.91 Å². The Bertz CT molecular complexity index is 1090. The smallest absolute Gasteiger partial charge is 0.258 e. The molecule has 0 bridgehead atoms. The van der Waals surface area contributed by atoms with E-state index in [-0.39, 0.29) is 5.91 Å². The zero-order chi connectivity index (χ0) is 19.7. The zero-order valence-electron chi connectivity index (χ0n) is 16.6. The molecule has 3 N–H and O–H groups in total. The van der Waals surface area contributed by atoms with Crippen molar-refractivity contribution in [1.29, 1.82) is 0 Å². The molecule has 3 aromatic rings. The summed E-state index contributed by atoms with van der Waals surface area (Å²) in [7, 11) is 0. The summed E-state index contributed by atoms with van der Waals surface area (Å²) in [4.78, 5) is 17.6. The van der Waals surface area contributed by atoms with Crippen LogP contribution in [0.4, 0.5) is 5.69 Å². The van der Waals surface area contributed by atoms with Crippen molar-refractivity contribution in [3.63, 3.8) is 0 Å². The Balaban J connectivity index is 1.50. The number of nitrogens with one attached hydrogen (secondary N) is 2. The third-order valence-electron chi connectivity index (χ3n) is 6.36. The molecule has 1 amide bonds. The molecule has 2 aliphatic rings. The molecular weight excluding hydrogens is 352 g/mol. The van der Waals surface area contributed by atoms with Gasteiger partial charge in [0.15, 0.2) is 0 Å². The van der Waals surface area contributed by atoms with Crippen molar-refractivity contribution in [2.24, 2.45) is 5.41 Å². The summed E-state index contributed by atoms with van der Waals surface area (Å²) >= 11 is 0. The van der Waals surface area contributed by atoms with Crippen molar-refractivity contribution < 1.29 is 9.90 Å². The number of hydrogen-bond acceptors (Lipinski definition) is 3. The van der Waals surface area contributed by atoms with Gasteiger partial charge in [-0.15, -0.1) is 0 Å². The predicted octanol–water partition coefficient (Wildman–Crippen LogP) is 3.56. The van der Waals surface area contributed by atoms with Crippen LogP contribution < -0.4 is 4.90 Å². The van der Waals surface area contributed by atoms with Crippen LogP contribution in [0.1, 0.15) is 44.9 Å². The normalized spacial score (nSPS) is 24.1. The lowest BCUT2D eigenvalue weighted by Gasteiger charge is -2.28. The first-order valence-corrected chi connectivity index (χ1v) is 9.97. The third-order valence-corrected chi connectivity index (χ3v) is 6.36. The van der Waals surface area contributed by atoms with Crippen LogP contribution in [0, 0.1) is 5.41 Å². The molecular formula is C22H26N4O2. The van der Waals surface area contributed by atoms with Crippen LogP contribution in [0.2, 0.25) is 0 Å². The lowest BCUT2D eigenvalue weighted by molar-refractivity contribution is -0.131. The number of aromatic amines is 2. The number of rotatable bonds is 2. The molecule has 6 nitrogen and oxygen atoms in total. The molecule has 1 saturated heterocycles. The largest absolute Gasteiger partial charge is 0.380 e. The number of hydrogen-bond donors (Lipinski definition) is 3. The van der Waals surface area contributed by atoms with Gasteiger partial charge >= 0.3 is 0 Å². The van der Waals surface area contributed by atoms with Crippen molar-refractivity contribution in [3.8, 4) is 11.4 Å². The molecule has 1 unspecified atom stereocenters. The number of H-pyrrole nitrogens is 2. The number of amides is 1. The Morgan fingerprint density at radius 3 is 2.75 bits per heavy atom. The molecule has 0 saturated carbocycles. The standard InChI is InChI=1S/C22H26N4O2/c1-21(2)7-6-15-18(12-21)24-25-19(15)17-10-13-4-5-14(11-16(13)23-17)26-9-8-22(3,28)20(26)27/h4-5,10-11,23,28H,6-9,12H2,1-3H3,(H,24,25). The number of nitrogens with zero attached hydrogens (tertiary/aromatic N) is 2. The van der Waals surface area contributed by atoms with E-state index >= 15 is 0 Å². The highest BCUT2D eigenvalue weighted by molar-refractivity contribution is 6.02. The van der Waals surface area contributed by atoms with Gasteiger partial charge in [-0.25, -0.2) is 0 Å². The first kappa shape index (κ1) is 17.5. The van der Waals surface area contributed by atoms with Crippen LogP contribution in [0.25, 0.3) is 22.3 Å². The number of aliphatic hydroxyl groups is 1. The van der Waals surface area contributed by atoms with Gasteiger partial charge in [0.1, 0.15) is 11.3 Å². The van der Waals surface area contributed by atoms with E-state index in [0.29, 0.717) is 18.4 Å². The number of benzene rings is 1. The van der Waals surface area contributed by atoms with Gasteiger partial charge in [0.2, 0.25) is 0 Å². The molecule has 28 heavy (non-hydrogen) atoms. The van der Waals surface area contributed by atoms with Gasteiger partial charge in [-0.05, 0) is 49.8 Å². The Labute approximate surface area is 163 Å². The fourth-order valence-electron chi connectivity index (χ4n) is 4.56. The topological polar surface area (TPSA) is 85.0 Å². The number of aromatic nitrogens is 3. The maximum atomic E-state index is 12.4. The second-order valence-electron chi connectivity index (χ2n) is 9.31. The lowest BCUT2D eigenvalue weighted by Crippen LogP contribution is -2.37. The molecule has 0 radical (unpaired) electrons. The van der Waals surface area contributed by atoms with Crippen LogP contribution in [0.15, 0.2) is 24.3 Å². The first-order chi connectivity index (χ1) is 13.2. The minimum atomic E-state index is -1.27. The Morgan fingerprint density at radius 1 is 1.18 bits per heavy atom. The first-order valence-electron chi connectivity index (χ1n) is 9.97. The van der Waals surface area contributed by atoms with Crippen LogP contribution in [0.3, 0.4) is 0 Å². The lowest BCUT2D eigenvalue weighted by atomic mass is 9.76. The Hall–Kier alpha value is -2.60. The van der Waals surface area contributed by atoms with E-state index in [1.54, 1.807) is 11.8 Å². The molecule has 1 atom stereocenters. The van der Waals surface area contributed by atoms with E-state index in [1.165, 1.54) is 11.3 Å². The highest BCUT2D eigenvalue weighted by Gasteiger charge is 2.41. The van der Waals surface area contributed by atoms with Crippen molar-refractivity contribution in [3.05, 3.63) is 35.5 Å². The number of anilines is 1. The average Bonchev–Trinajstić information content (AvgIpc) is 3.29. The molecule has 5 rings (SSSR count). The van der Waals surface area contributed by atoms with Gasteiger partial charge < -0.3 is 15.0 Å². The van der Waals surface area contributed by atoms with Crippen LogP contribution >= 0.6 is 0 Å². The van der Waals surface area contributed by atoms with E-state index in [9.17, 15) is 9.90 Å². The second-order valence-corrected chi connectivity index (χ2v) is 9.31. The van der Waals surface area contributed by atoms with E-state index in [2.05, 4.69) is 35.1 Å². The maximum Gasteiger partial charge on any atom is 0.258 e. The summed E-state index contributed by atoms with van der Waals surface area (Å²) in [6.07, 6.45) is 3.67. The van der Waals surface area contributed by atoms with Gasteiger partial charge in [-0.2, -0.15) is 5.10 Å².